The maximum absolute atomic E-state index is 13.8. The number of benzene rings is 2. The van der Waals surface area contributed by atoms with Gasteiger partial charge in [0.15, 0.2) is 4.77 Å². The Morgan fingerprint density at radius 3 is 2.53 bits per heavy atom. The number of nitrogens with one attached hydrogen (secondary N) is 1. The standard InChI is InChI=1S/C25H23BrFN3OS/c26-15-8-11-20-18(12-15)19-13-21-24(31)29(17-4-2-1-3-5-17)25(32)30(21)23(22(19)28-20)14-6-9-16(27)10-7-14/h6-12,17,23,28,31H,1-5,13H2. The number of fused-ring (bicyclic) bond motifs is 4. The van der Waals surface area contributed by atoms with Gasteiger partial charge >= 0.3 is 0 Å². The Bertz CT molecular complexity index is 1400. The van der Waals surface area contributed by atoms with Crippen molar-refractivity contribution in [3.63, 3.8) is 0 Å². The minimum atomic E-state index is -0.267. The molecule has 0 amide bonds. The van der Waals surface area contributed by atoms with Crippen LogP contribution >= 0.6 is 28.1 Å². The Morgan fingerprint density at radius 2 is 1.78 bits per heavy atom. The van der Waals surface area contributed by atoms with Gasteiger partial charge in [-0.05, 0) is 66.5 Å². The predicted molar refractivity (Wildman–Crippen MR) is 129 cm³/mol. The van der Waals surface area contributed by atoms with E-state index in [0.29, 0.717) is 11.2 Å². The third kappa shape index (κ3) is 3.01. The van der Waals surface area contributed by atoms with Crippen molar-refractivity contribution in [2.45, 2.75) is 50.6 Å². The molecule has 32 heavy (non-hydrogen) atoms. The van der Waals surface area contributed by atoms with Crippen molar-refractivity contribution in [2.75, 3.05) is 0 Å². The maximum Gasteiger partial charge on any atom is 0.214 e. The van der Waals surface area contributed by atoms with E-state index in [1.807, 2.05) is 22.8 Å². The molecule has 164 valence electrons. The predicted octanol–water partition coefficient (Wildman–Crippen LogP) is 7.15. The van der Waals surface area contributed by atoms with Gasteiger partial charge in [0.2, 0.25) is 5.88 Å². The number of aromatic hydroxyl groups is 1. The van der Waals surface area contributed by atoms with E-state index < -0.39 is 0 Å². The molecule has 1 unspecified atom stereocenters. The van der Waals surface area contributed by atoms with E-state index in [9.17, 15) is 9.50 Å². The van der Waals surface area contributed by atoms with Crippen molar-refractivity contribution in [2.24, 2.45) is 0 Å². The second-order valence-electron chi connectivity index (χ2n) is 8.92. The Labute approximate surface area is 198 Å². The summed E-state index contributed by atoms with van der Waals surface area (Å²) in [6.45, 7) is 0. The van der Waals surface area contributed by atoms with Crippen molar-refractivity contribution in [3.05, 3.63) is 80.0 Å². The molecule has 1 aliphatic carbocycles. The monoisotopic (exact) mass is 511 g/mol. The van der Waals surface area contributed by atoms with Crippen molar-refractivity contribution in [3.8, 4) is 5.88 Å². The molecule has 0 bridgehead atoms. The molecule has 6 rings (SSSR count). The third-order valence-electron chi connectivity index (χ3n) is 7.09. The zero-order valence-electron chi connectivity index (χ0n) is 17.4. The van der Waals surface area contributed by atoms with Crippen molar-refractivity contribution >= 4 is 39.1 Å². The molecule has 2 aromatic heterocycles. The molecule has 3 heterocycles. The lowest BCUT2D eigenvalue weighted by atomic mass is 9.93. The number of halogens is 2. The van der Waals surface area contributed by atoms with Gasteiger partial charge in [0.25, 0.3) is 0 Å². The van der Waals surface area contributed by atoms with Crippen molar-refractivity contribution in [1.29, 1.82) is 0 Å². The van der Waals surface area contributed by atoms with Gasteiger partial charge in [-0.25, -0.2) is 4.39 Å². The molecule has 4 nitrogen and oxygen atoms in total. The second kappa shape index (κ2) is 7.59. The van der Waals surface area contributed by atoms with Gasteiger partial charge in [0.1, 0.15) is 11.9 Å². The minimum Gasteiger partial charge on any atom is -0.493 e. The molecule has 2 aromatic carbocycles. The summed E-state index contributed by atoms with van der Waals surface area (Å²) >= 11 is 9.58. The molecule has 1 aliphatic heterocycles. The zero-order valence-corrected chi connectivity index (χ0v) is 19.8. The molecule has 1 atom stereocenters. The molecule has 1 saturated carbocycles. The highest BCUT2D eigenvalue weighted by atomic mass is 79.9. The Morgan fingerprint density at radius 1 is 1.03 bits per heavy atom. The summed E-state index contributed by atoms with van der Waals surface area (Å²) in [4.78, 5) is 3.61. The summed E-state index contributed by atoms with van der Waals surface area (Å²) < 4.78 is 19.5. The van der Waals surface area contributed by atoms with Gasteiger partial charge in [0.05, 0.1) is 5.69 Å². The molecule has 0 saturated heterocycles. The highest BCUT2D eigenvalue weighted by molar-refractivity contribution is 9.10. The molecule has 2 N–H and O–H groups in total. The molecule has 4 aromatic rings. The fourth-order valence-corrected chi connectivity index (χ4v) is 6.40. The lowest BCUT2D eigenvalue weighted by Gasteiger charge is -2.27. The fraction of sp³-hybridized carbons (Fsp3) is 0.320. The summed E-state index contributed by atoms with van der Waals surface area (Å²) in [6.07, 6.45) is 6.22. The smallest absolute Gasteiger partial charge is 0.214 e. The summed E-state index contributed by atoms with van der Waals surface area (Å²) in [5, 5.41) is 12.5. The molecule has 0 spiro atoms. The van der Waals surface area contributed by atoms with Crippen molar-refractivity contribution in [1.82, 2.24) is 14.1 Å². The van der Waals surface area contributed by atoms with Gasteiger partial charge in [0, 0.05) is 33.5 Å². The molecule has 7 heteroatoms. The van der Waals surface area contributed by atoms with Crippen LogP contribution in [-0.2, 0) is 6.42 Å². The highest BCUT2D eigenvalue weighted by Gasteiger charge is 2.35. The van der Waals surface area contributed by atoms with E-state index in [1.165, 1.54) is 18.6 Å². The van der Waals surface area contributed by atoms with E-state index in [2.05, 4.69) is 37.6 Å². The Kier molecular flexibility index (Phi) is 4.80. The molecule has 2 aliphatic rings. The topological polar surface area (TPSA) is 45.9 Å². The molecule has 1 fully saturated rings. The molecule has 0 radical (unpaired) electrons. The number of imidazole rings is 1. The number of aromatic amines is 1. The number of hydrogen-bond acceptors (Lipinski definition) is 2. The van der Waals surface area contributed by atoms with Crippen LogP contribution in [0.4, 0.5) is 4.39 Å². The van der Waals surface area contributed by atoms with E-state index >= 15 is 0 Å². The quantitative estimate of drug-likeness (QED) is 0.247. The van der Waals surface area contributed by atoms with Crippen LogP contribution in [-0.4, -0.2) is 19.2 Å². The van der Waals surface area contributed by atoms with Gasteiger partial charge in [-0.15, -0.1) is 0 Å². The first kappa shape index (κ1) is 20.2. The largest absolute Gasteiger partial charge is 0.493 e. The first-order valence-corrected chi connectivity index (χ1v) is 12.3. The van der Waals surface area contributed by atoms with Crippen LogP contribution < -0.4 is 0 Å². The van der Waals surface area contributed by atoms with Crippen LogP contribution in [0.2, 0.25) is 0 Å². The number of nitrogens with zero attached hydrogens (tertiary/aromatic N) is 2. The van der Waals surface area contributed by atoms with Gasteiger partial charge in [-0.2, -0.15) is 0 Å². The normalized spacial score (nSPS) is 18.6. The lowest BCUT2D eigenvalue weighted by molar-refractivity contribution is 0.309. The summed E-state index contributed by atoms with van der Waals surface area (Å²) in [7, 11) is 0. The van der Waals surface area contributed by atoms with E-state index in [1.54, 1.807) is 0 Å². The highest BCUT2D eigenvalue weighted by Crippen LogP contribution is 2.45. The molecular weight excluding hydrogens is 489 g/mol. The second-order valence-corrected chi connectivity index (χ2v) is 10.2. The Balaban J connectivity index is 1.62. The lowest BCUT2D eigenvalue weighted by Crippen LogP contribution is -2.22. The van der Waals surface area contributed by atoms with Crippen LogP contribution in [0.1, 0.15) is 66.7 Å². The third-order valence-corrected chi connectivity index (χ3v) is 7.98. The summed E-state index contributed by atoms with van der Waals surface area (Å²) in [5.41, 5.74) is 5.02. The van der Waals surface area contributed by atoms with E-state index in [-0.39, 0.29) is 23.8 Å². The van der Waals surface area contributed by atoms with Crippen molar-refractivity contribution < 1.29 is 9.50 Å². The maximum atomic E-state index is 13.8. The number of H-pyrrole nitrogens is 1. The SMILES string of the molecule is Oc1c2n(c(=S)n1C1CCCCC1)C(c1ccc(F)cc1)c1[nH]c3ccc(Br)cc3c1C2. The van der Waals surface area contributed by atoms with Gasteiger partial charge < -0.3 is 14.7 Å². The average molecular weight is 512 g/mol. The fourth-order valence-electron chi connectivity index (χ4n) is 5.59. The number of rotatable bonds is 2. The Hall–Kier alpha value is -2.38. The van der Waals surface area contributed by atoms with E-state index in [4.69, 9.17) is 12.2 Å². The first-order chi connectivity index (χ1) is 15.5. The minimum absolute atomic E-state index is 0.229. The van der Waals surface area contributed by atoms with Crippen LogP contribution in [0.5, 0.6) is 5.88 Å². The molecular formula is C25H23BrFN3OS. The first-order valence-electron chi connectivity index (χ1n) is 11.1. The van der Waals surface area contributed by atoms with Crippen LogP contribution in [0, 0.1) is 10.6 Å². The van der Waals surface area contributed by atoms with E-state index in [0.717, 1.165) is 63.6 Å². The van der Waals surface area contributed by atoms with Gasteiger partial charge in [-0.1, -0.05) is 47.3 Å². The van der Waals surface area contributed by atoms with Crippen LogP contribution in [0.3, 0.4) is 0 Å². The van der Waals surface area contributed by atoms with Crippen LogP contribution in [0.25, 0.3) is 10.9 Å². The number of aromatic nitrogens is 3. The summed E-state index contributed by atoms with van der Waals surface area (Å²) in [5.74, 6) is 0.0146. The number of hydrogen-bond donors (Lipinski definition) is 2. The summed E-state index contributed by atoms with van der Waals surface area (Å²) in [6, 6.07) is 12.8. The average Bonchev–Trinajstić information content (AvgIpc) is 3.28. The zero-order chi connectivity index (χ0) is 22.0. The van der Waals surface area contributed by atoms with Crippen LogP contribution in [0.15, 0.2) is 46.9 Å². The van der Waals surface area contributed by atoms with Gasteiger partial charge in [-0.3, -0.25) is 4.57 Å².